The van der Waals surface area contributed by atoms with Crippen LogP contribution >= 0.6 is 23.4 Å². The summed E-state index contributed by atoms with van der Waals surface area (Å²) in [6.45, 7) is 1.97. The Hall–Kier alpha value is -2.83. The maximum atomic E-state index is 13.2. The standard InChI is InChI=1S/C22H18ClFN2O2S/c1-14-2-4-15(5-3-14)22(28)26-16-6-9-18(10-7-16)29-13-21(27)25-17-8-11-20(24)19(23)12-17/h2-12H,13H2,1H3,(H,25,27)(H,26,28). The number of halogens is 2. The minimum atomic E-state index is -0.534. The van der Waals surface area contributed by atoms with Crippen molar-refractivity contribution >= 4 is 46.6 Å². The number of thioether (sulfide) groups is 1. The Morgan fingerprint density at radius 2 is 1.59 bits per heavy atom. The first-order chi connectivity index (χ1) is 13.9. The van der Waals surface area contributed by atoms with Gasteiger partial charge in [0.1, 0.15) is 5.82 Å². The molecule has 7 heteroatoms. The van der Waals surface area contributed by atoms with Crippen molar-refractivity contribution in [2.45, 2.75) is 11.8 Å². The SMILES string of the molecule is Cc1ccc(C(=O)Nc2ccc(SCC(=O)Nc3ccc(F)c(Cl)c3)cc2)cc1. The van der Waals surface area contributed by atoms with Gasteiger partial charge in [0.05, 0.1) is 10.8 Å². The Bertz CT molecular complexity index is 1020. The molecule has 0 atom stereocenters. The number of hydrogen-bond acceptors (Lipinski definition) is 3. The molecule has 0 aliphatic rings. The molecule has 3 aromatic carbocycles. The summed E-state index contributed by atoms with van der Waals surface area (Å²) in [5.41, 5.74) is 2.79. The van der Waals surface area contributed by atoms with Crippen molar-refractivity contribution in [3.63, 3.8) is 0 Å². The quantitative estimate of drug-likeness (QED) is 0.490. The fourth-order valence-corrected chi connectivity index (χ4v) is 3.34. The molecule has 0 saturated carbocycles. The fourth-order valence-electron chi connectivity index (χ4n) is 2.46. The number of carbonyl (C=O) groups excluding carboxylic acids is 2. The molecule has 3 rings (SSSR count). The molecule has 0 spiro atoms. The number of rotatable bonds is 6. The maximum Gasteiger partial charge on any atom is 0.255 e. The van der Waals surface area contributed by atoms with Crippen molar-refractivity contribution in [1.82, 2.24) is 0 Å². The third-order valence-electron chi connectivity index (χ3n) is 4.00. The normalized spacial score (nSPS) is 10.4. The van der Waals surface area contributed by atoms with Gasteiger partial charge >= 0.3 is 0 Å². The van der Waals surface area contributed by atoms with E-state index in [1.54, 1.807) is 24.3 Å². The Balaban J connectivity index is 1.50. The zero-order chi connectivity index (χ0) is 20.8. The first-order valence-electron chi connectivity index (χ1n) is 8.76. The molecule has 0 bridgehead atoms. The Morgan fingerprint density at radius 3 is 2.24 bits per heavy atom. The smallest absolute Gasteiger partial charge is 0.255 e. The summed E-state index contributed by atoms with van der Waals surface area (Å²) in [4.78, 5) is 25.2. The summed E-state index contributed by atoms with van der Waals surface area (Å²) in [7, 11) is 0. The van der Waals surface area contributed by atoms with Gasteiger partial charge in [-0.2, -0.15) is 0 Å². The minimum absolute atomic E-state index is 0.0428. The molecule has 0 heterocycles. The zero-order valence-corrected chi connectivity index (χ0v) is 17.1. The van der Waals surface area contributed by atoms with Gasteiger partial charge in [0.2, 0.25) is 5.91 Å². The van der Waals surface area contributed by atoms with Crippen LogP contribution in [0.1, 0.15) is 15.9 Å². The van der Waals surface area contributed by atoms with Gasteiger partial charge in [-0.05, 0) is 61.5 Å². The van der Waals surface area contributed by atoms with E-state index in [0.717, 1.165) is 10.5 Å². The van der Waals surface area contributed by atoms with Gasteiger partial charge in [0, 0.05) is 21.8 Å². The summed E-state index contributed by atoms with van der Waals surface area (Å²) in [6, 6.07) is 18.6. The molecule has 0 aliphatic carbocycles. The van der Waals surface area contributed by atoms with Crippen LogP contribution in [0.3, 0.4) is 0 Å². The molecule has 3 aromatic rings. The van der Waals surface area contributed by atoms with Crippen LogP contribution in [0.5, 0.6) is 0 Å². The minimum Gasteiger partial charge on any atom is -0.325 e. The van der Waals surface area contributed by atoms with E-state index >= 15 is 0 Å². The van der Waals surface area contributed by atoms with Crippen LogP contribution in [0, 0.1) is 12.7 Å². The molecular weight excluding hydrogens is 411 g/mol. The maximum absolute atomic E-state index is 13.2. The third-order valence-corrected chi connectivity index (χ3v) is 5.30. The lowest BCUT2D eigenvalue weighted by molar-refractivity contribution is -0.113. The summed E-state index contributed by atoms with van der Waals surface area (Å²) in [5, 5.41) is 5.47. The van der Waals surface area contributed by atoms with Crippen LogP contribution in [-0.2, 0) is 4.79 Å². The largest absolute Gasteiger partial charge is 0.325 e. The summed E-state index contributed by atoms with van der Waals surface area (Å²) in [6.07, 6.45) is 0. The number of carbonyl (C=O) groups is 2. The molecule has 2 N–H and O–H groups in total. The first kappa shape index (κ1) is 20.9. The van der Waals surface area contributed by atoms with E-state index in [0.29, 0.717) is 16.9 Å². The average Bonchev–Trinajstić information content (AvgIpc) is 2.71. The second-order valence-electron chi connectivity index (χ2n) is 6.31. The summed E-state index contributed by atoms with van der Waals surface area (Å²) in [5.74, 6) is -0.755. The Labute approximate surface area is 177 Å². The van der Waals surface area contributed by atoms with Crippen LogP contribution in [0.2, 0.25) is 5.02 Å². The predicted octanol–water partition coefficient (Wildman–Crippen LogP) is 5.77. The lowest BCUT2D eigenvalue weighted by Crippen LogP contribution is -2.14. The molecule has 0 fully saturated rings. The van der Waals surface area contributed by atoms with E-state index in [9.17, 15) is 14.0 Å². The topological polar surface area (TPSA) is 58.2 Å². The number of hydrogen-bond donors (Lipinski definition) is 2. The monoisotopic (exact) mass is 428 g/mol. The van der Waals surface area contributed by atoms with Crippen LogP contribution < -0.4 is 10.6 Å². The van der Waals surface area contributed by atoms with Crippen molar-refractivity contribution in [2.75, 3.05) is 16.4 Å². The first-order valence-corrected chi connectivity index (χ1v) is 10.1. The Kier molecular flexibility index (Phi) is 6.90. The van der Waals surface area contributed by atoms with Gasteiger partial charge in [-0.15, -0.1) is 11.8 Å². The molecule has 4 nitrogen and oxygen atoms in total. The molecule has 29 heavy (non-hydrogen) atoms. The lowest BCUT2D eigenvalue weighted by atomic mass is 10.1. The average molecular weight is 429 g/mol. The van der Waals surface area contributed by atoms with Crippen molar-refractivity contribution < 1.29 is 14.0 Å². The van der Waals surface area contributed by atoms with Crippen molar-refractivity contribution in [3.05, 3.63) is 88.7 Å². The van der Waals surface area contributed by atoms with Crippen molar-refractivity contribution in [2.24, 2.45) is 0 Å². The summed E-state index contributed by atoms with van der Waals surface area (Å²) < 4.78 is 13.2. The van der Waals surface area contributed by atoms with Gasteiger partial charge in [-0.3, -0.25) is 9.59 Å². The number of benzene rings is 3. The van der Waals surface area contributed by atoms with Crippen molar-refractivity contribution in [3.8, 4) is 0 Å². The van der Waals surface area contributed by atoms with Crippen LogP contribution in [-0.4, -0.2) is 17.6 Å². The second kappa shape index (κ2) is 9.58. The second-order valence-corrected chi connectivity index (χ2v) is 7.77. The van der Waals surface area contributed by atoms with E-state index < -0.39 is 5.82 Å². The molecule has 0 aromatic heterocycles. The van der Waals surface area contributed by atoms with Gasteiger partial charge < -0.3 is 10.6 Å². The summed E-state index contributed by atoms with van der Waals surface area (Å²) >= 11 is 7.05. The van der Waals surface area contributed by atoms with E-state index in [1.807, 2.05) is 31.2 Å². The van der Waals surface area contributed by atoms with Crippen LogP contribution in [0.4, 0.5) is 15.8 Å². The molecule has 0 radical (unpaired) electrons. The van der Waals surface area contributed by atoms with Crippen molar-refractivity contribution in [1.29, 1.82) is 0 Å². The molecular formula is C22H18ClFN2O2S. The highest BCUT2D eigenvalue weighted by atomic mass is 35.5. The number of amides is 2. The molecule has 0 aliphatic heterocycles. The lowest BCUT2D eigenvalue weighted by Gasteiger charge is -2.08. The molecule has 2 amide bonds. The zero-order valence-electron chi connectivity index (χ0n) is 15.5. The highest BCUT2D eigenvalue weighted by Gasteiger charge is 2.08. The van der Waals surface area contributed by atoms with Gasteiger partial charge in [0.15, 0.2) is 0 Å². The predicted molar refractivity (Wildman–Crippen MR) is 116 cm³/mol. The molecule has 0 unspecified atom stereocenters. The number of anilines is 2. The van der Waals surface area contributed by atoms with Crippen LogP contribution in [0.15, 0.2) is 71.6 Å². The van der Waals surface area contributed by atoms with E-state index in [4.69, 9.17) is 11.6 Å². The highest BCUT2D eigenvalue weighted by Crippen LogP contribution is 2.22. The van der Waals surface area contributed by atoms with E-state index in [1.165, 1.54) is 30.0 Å². The molecule has 148 valence electrons. The Morgan fingerprint density at radius 1 is 0.931 bits per heavy atom. The van der Waals surface area contributed by atoms with E-state index in [2.05, 4.69) is 10.6 Å². The van der Waals surface area contributed by atoms with Gasteiger partial charge in [-0.1, -0.05) is 29.3 Å². The number of aryl methyl sites for hydroxylation is 1. The molecule has 0 saturated heterocycles. The fraction of sp³-hybridized carbons (Fsp3) is 0.0909. The van der Waals surface area contributed by atoms with Gasteiger partial charge in [-0.25, -0.2) is 4.39 Å². The highest BCUT2D eigenvalue weighted by molar-refractivity contribution is 8.00. The van der Waals surface area contributed by atoms with E-state index in [-0.39, 0.29) is 22.6 Å². The van der Waals surface area contributed by atoms with Gasteiger partial charge in [0.25, 0.3) is 5.91 Å². The third kappa shape index (κ3) is 6.07. The van der Waals surface area contributed by atoms with Crippen LogP contribution in [0.25, 0.3) is 0 Å². The number of nitrogens with one attached hydrogen (secondary N) is 2.